The van der Waals surface area contributed by atoms with Gasteiger partial charge in [0.2, 0.25) is 0 Å². The highest BCUT2D eigenvalue weighted by Gasteiger charge is 2.30. The summed E-state index contributed by atoms with van der Waals surface area (Å²) in [6, 6.07) is 2.23. The third kappa shape index (κ3) is 2.07. The first-order valence-electron chi connectivity index (χ1n) is 6.24. The number of anilines is 1. The molecule has 2 heterocycles. The molecule has 0 bridgehead atoms. The Morgan fingerprint density at radius 1 is 1.41 bits per heavy atom. The molecule has 0 saturated heterocycles. The Labute approximate surface area is 100 Å². The van der Waals surface area contributed by atoms with Crippen LogP contribution in [0.4, 0.5) is 5.82 Å². The van der Waals surface area contributed by atoms with Gasteiger partial charge in [0.15, 0.2) is 11.6 Å². The highest BCUT2D eigenvalue weighted by molar-refractivity contribution is 5.53. The second-order valence-electron chi connectivity index (χ2n) is 4.74. The fourth-order valence-corrected chi connectivity index (χ4v) is 2.76. The molecule has 0 aromatic carbocycles. The Morgan fingerprint density at radius 2 is 2.35 bits per heavy atom. The summed E-state index contributed by atoms with van der Waals surface area (Å²) in [6.07, 6.45) is 5.44. The predicted molar refractivity (Wildman–Crippen MR) is 63.1 cm³/mol. The van der Waals surface area contributed by atoms with Crippen LogP contribution in [0, 0.1) is 0 Å². The normalized spacial score (nSPS) is 28.4. The van der Waals surface area contributed by atoms with Crippen LogP contribution in [0.25, 0.3) is 0 Å². The molecule has 1 aromatic rings. The van der Waals surface area contributed by atoms with Gasteiger partial charge in [0.05, 0.1) is 18.8 Å². The quantitative estimate of drug-likeness (QED) is 0.786. The van der Waals surface area contributed by atoms with Crippen LogP contribution in [-0.2, 0) is 0 Å². The Balaban J connectivity index is 1.84. The lowest BCUT2D eigenvalue weighted by Gasteiger charge is -2.39. The minimum absolute atomic E-state index is 0.170. The van der Waals surface area contributed by atoms with E-state index in [1.807, 2.05) is 6.07 Å². The van der Waals surface area contributed by atoms with Crippen molar-refractivity contribution in [1.82, 2.24) is 10.2 Å². The van der Waals surface area contributed by atoms with Crippen LogP contribution in [-0.4, -0.2) is 40.6 Å². The molecule has 2 atom stereocenters. The van der Waals surface area contributed by atoms with Gasteiger partial charge in [0.1, 0.15) is 6.61 Å². The molecule has 1 aliphatic carbocycles. The van der Waals surface area contributed by atoms with Crippen LogP contribution in [0.15, 0.2) is 12.3 Å². The first-order valence-corrected chi connectivity index (χ1v) is 6.24. The zero-order valence-corrected chi connectivity index (χ0v) is 9.75. The van der Waals surface area contributed by atoms with Crippen molar-refractivity contribution >= 4 is 5.82 Å². The standard InChI is InChI=1S/C12H17N3O2/c16-10-3-1-2-9(8-10)15-6-7-17-11-4-5-13-14-12(11)15/h4-5,9-10,16H,1-3,6-8H2/t9-,10+/m1/s1. The van der Waals surface area contributed by atoms with E-state index in [9.17, 15) is 5.11 Å². The van der Waals surface area contributed by atoms with Crippen LogP contribution in [0.3, 0.4) is 0 Å². The number of aromatic nitrogens is 2. The Morgan fingerprint density at radius 3 is 3.24 bits per heavy atom. The van der Waals surface area contributed by atoms with Gasteiger partial charge in [-0.2, -0.15) is 5.10 Å². The molecule has 1 aliphatic heterocycles. The van der Waals surface area contributed by atoms with Gasteiger partial charge in [-0.1, -0.05) is 0 Å². The number of aliphatic hydroxyl groups excluding tert-OH is 1. The van der Waals surface area contributed by atoms with Crippen LogP contribution >= 0.6 is 0 Å². The molecule has 1 fully saturated rings. The van der Waals surface area contributed by atoms with E-state index in [1.165, 1.54) is 0 Å². The topological polar surface area (TPSA) is 58.5 Å². The Kier molecular flexibility index (Phi) is 2.84. The maximum absolute atomic E-state index is 9.76. The molecule has 1 saturated carbocycles. The van der Waals surface area contributed by atoms with Crippen molar-refractivity contribution < 1.29 is 9.84 Å². The van der Waals surface area contributed by atoms with Crippen molar-refractivity contribution in [3.8, 4) is 5.75 Å². The van der Waals surface area contributed by atoms with Gasteiger partial charge in [-0.3, -0.25) is 0 Å². The first-order chi connectivity index (χ1) is 8.34. The van der Waals surface area contributed by atoms with E-state index in [4.69, 9.17) is 4.74 Å². The molecular formula is C12H17N3O2. The summed E-state index contributed by atoms with van der Waals surface area (Å²) in [6.45, 7) is 1.52. The van der Waals surface area contributed by atoms with Crippen molar-refractivity contribution in [3.05, 3.63) is 12.3 Å². The molecule has 1 aromatic heterocycles. The van der Waals surface area contributed by atoms with E-state index in [0.717, 1.165) is 43.8 Å². The van der Waals surface area contributed by atoms with Crippen molar-refractivity contribution in [2.24, 2.45) is 0 Å². The fourth-order valence-electron chi connectivity index (χ4n) is 2.76. The smallest absolute Gasteiger partial charge is 0.194 e. The van der Waals surface area contributed by atoms with Crippen molar-refractivity contribution in [1.29, 1.82) is 0 Å². The molecule has 5 heteroatoms. The average Bonchev–Trinajstić information content (AvgIpc) is 2.38. The lowest BCUT2D eigenvalue weighted by molar-refractivity contribution is 0.116. The van der Waals surface area contributed by atoms with E-state index in [-0.39, 0.29) is 6.10 Å². The van der Waals surface area contributed by atoms with Gasteiger partial charge in [-0.05, 0) is 25.7 Å². The monoisotopic (exact) mass is 235 g/mol. The number of hydrogen-bond acceptors (Lipinski definition) is 5. The molecule has 1 N–H and O–H groups in total. The van der Waals surface area contributed by atoms with E-state index < -0.39 is 0 Å². The zero-order valence-electron chi connectivity index (χ0n) is 9.75. The van der Waals surface area contributed by atoms with E-state index in [2.05, 4.69) is 15.1 Å². The summed E-state index contributed by atoms with van der Waals surface area (Å²) >= 11 is 0. The highest BCUT2D eigenvalue weighted by atomic mass is 16.5. The lowest BCUT2D eigenvalue weighted by Crippen LogP contribution is -2.45. The van der Waals surface area contributed by atoms with Gasteiger partial charge >= 0.3 is 0 Å². The van der Waals surface area contributed by atoms with Crippen LogP contribution in [0.2, 0.25) is 0 Å². The van der Waals surface area contributed by atoms with Crippen LogP contribution in [0.5, 0.6) is 5.75 Å². The highest BCUT2D eigenvalue weighted by Crippen LogP contribution is 2.33. The number of fused-ring (bicyclic) bond motifs is 1. The Bertz CT molecular complexity index is 399. The summed E-state index contributed by atoms with van der Waals surface area (Å²) in [5, 5.41) is 17.9. The van der Waals surface area contributed by atoms with E-state index in [1.54, 1.807) is 6.20 Å². The van der Waals surface area contributed by atoms with Gasteiger partial charge in [0, 0.05) is 12.1 Å². The SMILES string of the molecule is O[C@H]1CCC[C@@H](N2CCOc3ccnnc32)C1. The summed E-state index contributed by atoms with van der Waals surface area (Å²) < 4.78 is 5.56. The lowest BCUT2D eigenvalue weighted by atomic mass is 9.91. The summed E-state index contributed by atoms with van der Waals surface area (Å²) in [5.74, 6) is 1.64. The zero-order chi connectivity index (χ0) is 11.7. The van der Waals surface area contributed by atoms with Crippen LogP contribution in [0.1, 0.15) is 25.7 Å². The molecule has 17 heavy (non-hydrogen) atoms. The third-order valence-electron chi connectivity index (χ3n) is 3.59. The second-order valence-corrected chi connectivity index (χ2v) is 4.74. The van der Waals surface area contributed by atoms with Gasteiger partial charge in [0.25, 0.3) is 0 Å². The van der Waals surface area contributed by atoms with Crippen molar-refractivity contribution in [2.75, 3.05) is 18.1 Å². The average molecular weight is 235 g/mol. The third-order valence-corrected chi connectivity index (χ3v) is 3.59. The molecule has 0 spiro atoms. The van der Waals surface area contributed by atoms with Gasteiger partial charge in [-0.25, -0.2) is 0 Å². The summed E-state index contributed by atoms with van der Waals surface area (Å²) in [4.78, 5) is 2.24. The largest absolute Gasteiger partial charge is 0.488 e. The molecule has 3 rings (SSSR count). The van der Waals surface area contributed by atoms with E-state index >= 15 is 0 Å². The molecule has 0 radical (unpaired) electrons. The summed E-state index contributed by atoms with van der Waals surface area (Å²) in [5.41, 5.74) is 0. The minimum atomic E-state index is -0.170. The van der Waals surface area contributed by atoms with Crippen molar-refractivity contribution in [2.45, 2.75) is 37.8 Å². The van der Waals surface area contributed by atoms with Gasteiger partial charge in [-0.15, -0.1) is 5.10 Å². The van der Waals surface area contributed by atoms with Crippen LogP contribution < -0.4 is 9.64 Å². The number of aliphatic hydroxyl groups is 1. The molecule has 5 nitrogen and oxygen atoms in total. The first kappa shape index (κ1) is 10.8. The summed E-state index contributed by atoms with van der Waals surface area (Å²) in [7, 11) is 0. The predicted octanol–water partition coefficient (Wildman–Crippen LogP) is 0.979. The molecule has 0 unspecified atom stereocenters. The second kappa shape index (κ2) is 4.49. The molecule has 2 aliphatic rings. The molecule has 92 valence electrons. The van der Waals surface area contributed by atoms with Crippen molar-refractivity contribution in [3.63, 3.8) is 0 Å². The molecule has 0 amide bonds. The maximum Gasteiger partial charge on any atom is 0.194 e. The number of rotatable bonds is 1. The van der Waals surface area contributed by atoms with E-state index in [0.29, 0.717) is 12.6 Å². The molecular weight excluding hydrogens is 218 g/mol. The number of ether oxygens (including phenoxy) is 1. The Hall–Kier alpha value is -1.36. The van der Waals surface area contributed by atoms with Gasteiger partial charge < -0.3 is 14.7 Å². The maximum atomic E-state index is 9.76. The number of nitrogens with zero attached hydrogens (tertiary/aromatic N) is 3. The fraction of sp³-hybridized carbons (Fsp3) is 0.667. The minimum Gasteiger partial charge on any atom is -0.488 e. The number of hydrogen-bond donors (Lipinski definition) is 1.